The minimum atomic E-state index is 0. The summed E-state index contributed by atoms with van der Waals surface area (Å²) < 4.78 is 7.29. The first kappa shape index (κ1) is 21.9. The third-order valence-corrected chi connectivity index (χ3v) is 4.45. The number of hydrogen-bond donors (Lipinski definition) is 2. The molecule has 8 heteroatoms. The lowest BCUT2D eigenvalue weighted by Crippen LogP contribution is -2.36. The number of rotatable bonds is 7. The molecule has 0 fully saturated rings. The van der Waals surface area contributed by atoms with Gasteiger partial charge in [0.1, 0.15) is 5.76 Å². The van der Waals surface area contributed by atoms with E-state index >= 15 is 0 Å². The Hall–Kier alpha value is -2.36. The molecule has 0 radical (unpaired) electrons. The maximum absolute atomic E-state index is 5.43. The van der Waals surface area contributed by atoms with Crippen LogP contribution < -0.4 is 10.6 Å². The zero-order valence-electron chi connectivity index (χ0n) is 16.5. The van der Waals surface area contributed by atoms with E-state index in [9.17, 15) is 0 Å². The molecule has 0 aliphatic heterocycles. The molecule has 0 saturated heterocycles. The summed E-state index contributed by atoms with van der Waals surface area (Å²) in [4.78, 5) is 4.33. The van der Waals surface area contributed by atoms with E-state index in [2.05, 4.69) is 51.9 Å². The average molecular weight is 494 g/mol. The van der Waals surface area contributed by atoms with Crippen LogP contribution in [0.1, 0.15) is 36.4 Å². The number of nitrogens with one attached hydrogen (secondary N) is 2. The highest BCUT2D eigenvalue weighted by molar-refractivity contribution is 14.0. The van der Waals surface area contributed by atoms with Crippen molar-refractivity contribution in [3.63, 3.8) is 0 Å². The van der Waals surface area contributed by atoms with Gasteiger partial charge in [0.05, 0.1) is 11.4 Å². The first-order valence-corrected chi connectivity index (χ1v) is 9.25. The lowest BCUT2D eigenvalue weighted by atomic mass is 10.1. The second-order valence-electron chi connectivity index (χ2n) is 6.10. The van der Waals surface area contributed by atoms with Crippen molar-refractivity contribution in [2.75, 3.05) is 7.05 Å². The van der Waals surface area contributed by atoms with Gasteiger partial charge >= 0.3 is 0 Å². The maximum Gasteiger partial charge on any atom is 0.191 e. The second-order valence-corrected chi connectivity index (χ2v) is 6.10. The Bertz CT molecular complexity index is 867. The lowest BCUT2D eigenvalue weighted by Gasteiger charge is -2.14. The van der Waals surface area contributed by atoms with Crippen molar-refractivity contribution in [3.8, 4) is 5.69 Å². The van der Waals surface area contributed by atoms with E-state index in [0.29, 0.717) is 13.1 Å². The van der Waals surface area contributed by atoms with Gasteiger partial charge < -0.3 is 15.2 Å². The topological polar surface area (TPSA) is 80.3 Å². The quantitative estimate of drug-likeness (QED) is 0.299. The molecule has 28 heavy (non-hydrogen) atoms. The molecule has 0 saturated carbocycles. The largest absolute Gasteiger partial charge is 0.361 e. The monoisotopic (exact) mass is 494 g/mol. The Morgan fingerprint density at radius 1 is 1.11 bits per heavy atom. The highest BCUT2D eigenvalue weighted by atomic mass is 127. The van der Waals surface area contributed by atoms with Crippen LogP contribution in [0.15, 0.2) is 52.2 Å². The number of aliphatic imine (C=N–C) groups is 1. The molecule has 2 aromatic heterocycles. The van der Waals surface area contributed by atoms with E-state index in [-0.39, 0.29) is 24.0 Å². The van der Waals surface area contributed by atoms with E-state index in [1.54, 1.807) is 13.2 Å². The number of aromatic nitrogens is 3. The number of nitrogens with zero attached hydrogens (tertiary/aromatic N) is 4. The van der Waals surface area contributed by atoms with Gasteiger partial charge in [-0.15, -0.1) is 24.0 Å². The standard InChI is InChI=1S/C20H26N6O.HI/c1-4-17-16(19(5-2)27-25-17)14-23-20(21-3)22-13-15-9-6-7-10-18(15)26-12-8-11-24-26;/h6-12H,4-5,13-14H2,1-3H3,(H2,21,22,23);1H. The summed E-state index contributed by atoms with van der Waals surface area (Å²) in [5.74, 6) is 1.66. The Morgan fingerprint density at radius 2 is 1.89 bits per heavy atom. The predicted molar refractivity (Wildman–Crippen MR) is 121 cm³/mol. The molecule has 0 amide bonds. The van der Waals surface area contributed by atoms with Crippen LogP contribution in [-0.2, 0) is 25.9 Å². The zero-order chi connectivity index (χ0) is 19.1. The molecule has 2 heterocycles. The van der Waals surface area contributed by atoms with Crippen LogP contribution in [0.25, 0.3) is 5.69 Å². The van der Waals surface area contributed by atoms with Crippen LogP contribution in [0, 0.1) is 0 Å². The van der Waals surface area contributed by atoms with Gasteiger partial charge in [-0.3, -0.25) is 4.99 Å². The molecule has 3 aromatic rings. The van der Waals surface area contributed by atoms with Gasteiger partial charge in [0, 0.05) is 44.5 Å². The van der Waals surface area contributed by atoms with Crippen molar-refractivity contribution >= 4 is 29.9 Å². The predicted octanol–water partition coefficient (Wildman–Crippen LogP) is 3.47. The number of benzene rings is 1. The Balaban J connectivity index is 0.00000280. The summed E-state index contributed by atoms with van der Waals surface area (Å²) in [6.45, 7) is 5.43. The van der Waals surface area contributed by atoms with Gasteiger partial charge in [0.2, 0.25) is 0 Å². The van der Waals surface area contributed by atoms with Crippen molar-refractivity contribution in [3.05, 3.63) is 65.3 Å². The van der Waals surface area contributed by atoms with Gasteiger partial charge in [0.25, 0.3) is 0 Å². The van der Waals surface area contributed by atoms with Gasteiger partial charge in [-0.05, 0) is 24.1 Å². The van der Waals surface area contributed by atoms with E-state index < -0.39 is 0 Å². The molecular weight excluding hydrogens is 467 g/mol. The molecule has 0 spiro atoms. The van der Waals surface area contributed by atoms with Crippen molar-refractivity contribution in [2.24, 2.45) is 4.99 Å². The third kappa shape index (κ3) is 5.12. The van der Waals surface area contributed by atoms with Gasteiger partial charge in [-0.1, -0.05) is 37.2 Å². The molecule has 150 valence electrons. The van der Waals surface area contributed by atoms with Gasteiger partial charge in [-0.25, -0.2) is 4.68 Å². The number of para-hydroxylation sites is 1. The minimum absolute atomic E-state index is 0. The fraction of sp³-hybridized carbons (Fsp3) is 0.350. The van der Waals surface area contributed by atoms with Crippen LogP contribution in [0.5, 0.6) is 0 Å². The van der Waals surface area contributed by atoms with E-state index in [1.807, 2.05) is 29.1 Å². The highest BCUT2D eigenvalue weighted by Gasteiger charge is 2.13. The second kappa shape index (κ2) is 10.8. The molecule has 1 aromatic carbocycles. The Labute approximate surface area is 182 Å². The third-order valence-electron chi connectivity index (χ3n) is 4.45. The van der Waals surface area contributed by atoms with Crippen LogP contribution in [-0.4, -0.2) is 27.9 Å². The molecule has 0 aliphatic carbocycles. The van der Waals surface area contributed by atoms with Crippen LogP contribution in [0.3, 0.4) is 0 Å². The number of aryl methyl sites for hydroxylation is 2. The van der Waals surface area contributed by atoms with Crippen molar-refractivity contribution < 1.29 is 4.52 Å². The molecule has 0 atom stereocenters. The molecule has 0 bridgehead atoms. The van der Waals surface area contributed by atoms with Gasteiger partial charge in [0.15, 0.2) is 5.96 Å². The summed E-state index contributed by atoms with van der Waals surface area (Å²) in [6, 6.07) is 10.1. The number of hydrogen-bond acceptors (Lipinski definition) is 4. The molecule has 0 aliphatic rings. The van der Waals surface area contributed by atoms with Crippen LogP contribution in [0.2, 0.25) is 0 Å². The van der Waals surface area contributed by atoms with Crippen molar-refractivity contribution in [1.82, 2.24) is 25.6 Å². The summed E-state index contributed by atoms with van der Waals surface area (Å²) in [7, 11) is 1.77. The summed E-state index contributed by atoms with van der Waals surface area (Å²) in [5, 5.41) is 15.2. The maximum atomic E-state index is 5.43. The fourth-order valence-corrected chi connectivity index (χ4v) is 3.00. The van der Waals surface area contributed by atoms with Crippen LogP contribution >= 0.6 is 24.0 Å². The molecular formula is C20H27IN6O. The van der Waals surface area contributed by atoms with E-state index in [1.165, 1.54) is 0 Å². The zero-order valence-corrected chi connectivity index (χ0v) is 18.8. The molecule has 2 N–H and O–H groups in total. The van der Waals surface area contributed by atoms with E-state index in [4.69, 9.17) is 4.52 Å². The lowest BCUT2D eigenvalue weighted by molar-refractivity contribution is 0.380. The normalized spacial score (nSPS) is 11.2. The van der Waals surface area contributed by atoms with Gasteiger partial charge in [-0.2, -0.15) is 5.10 Å². The van der Waals surface area contributed by atoms with E-state index in [0.717, 1.165) is 47.1 Å². The van der Waals surface area contributed by atoms with Crippen molar-refractivity contribution in [2.45, 2.75) is 39.8 Å². The summed E-state index contributed by atoms with van der Waals surface area (Å²) in [5.41, 5.74) is 4.31. The molecule has 7 nitrogen and oxygen atoms in total. The molecule has 3 rings (SSSR count). The number of halogens is 1. The first-order valence-electron chi connectivity index (χ1n) is 9.25. The minimum Gasteiger partial charge on any atom is -0.361 e. The Kier molecular flexibility index (Phi) is 8.49. The summed E-state index contributed by atoms with van der Waals surface area (Å²) in [6.07, 6.45) is 5.40. The first-order chi connectivity index (χ1) is 13.3. The molecule has 0 unspecified atom stereocenters. The number of guanidine groups is 1. The Morgan fingerprint density at radius 3 is 2.57 bits per heavy atom. The van der Waals surface area contributed by atoms with Crippen LogP contribution in [0.4, 0.5) is 0 Å². The summed E-state index contributed by atoms with van der Waals surface area (Å²) >= 11 is 0. The van der Waals surface area contributed by atoms with Crippen molar-refractivity contribution in [1.29, 1.82) is 0 Å². The highest BCUT2D eigenvalue weighted by Crippen LogP contribution is 2.16. The average Bonchev–Trinajstić information content (AvgIpc) is 3.38. The smallest absolute Gasteiger partial charge is 0.191 e. The fourth-order valence-electron chi connectivity index (χ4n) is 3.00. The SMILES string of the molecule is CCc1noc(CC)c1CNC(=NC)NCc1ccccc1-n1cccn1.I.